The number of aromatic nitrogens is 3. The summed E-state index contributed by atoms with van der Waals surface area (Å²) in [4.78, 5) is 21.7. The second-order valence-electron chi connectivity index (χ2n) is 3.77. The molecule has 0 aliphatic heterocycles. The topological polar surface area (TPSA) is 129 Å². The lowest BCUT2D eigenvalue weighted by Gasteiger charge is -2.07. The second-order valence-corrected chi connectivity index (χ2v) is 4.83. The zero-order valence-electron chi connectivity index (χ0n) is 10.8. The van der Waals surface area contributed by atoms with Crippen LogP contribution >= 0.6 is 11.8 Å². The Hall–Kier alpha value is -1.61. The Morgan fingerprint density at radius 3 is 2.74 bits per heavy atom. The molecule has 0 aliphatic rings. The lowest BCUT2D eigenvalue weighted by Crippen LogP contribution is -2.35. The van der Waals surface area contributed by atoms with Gasteiger partial charge in [0.05, 0.1) is 6.54 Å². The van der Waals surface area contributed by atoms with Crippen molar-refractivity contribution in [1.29, 1.82) is 0 Å². The predicted octanol–water partition coefficient (Wildman–Crippen LogP) is -0.176. The maximum atomic E-state index is 11.2. The van der Waals surface area contributed by atoms with E-state index >= 15 is 0 Å². The number of urea groups is 1. The van der Waals surface area contributed by atoms with Crippen LogP contribution in [0.1, 0.15) is 25.6 Å². The molecule has 0 radical (unpaired) electrons. The van der Waals surface area contributed by atoms with Crippen LogP contribution in [0.5, 0.6) is 0 Å². The second kappa shape index (κ2) is 7.74. The summed E-state index contributed by atoms with van der Waals surface area (Å²) in [5.74, 6) is 0.817. The maximum absolute atomic E-state index is 11.2. The number of imide groups is 1. The molecular weight excluding hydrogens is 268 g/mol. The first-order valence-corrected chi connectivity index (χ1v) is 6.91. The van der Waals surface area contributed by atoms with E-state index < -0.39 is 11.9 Å². The van der Waals surface area contributed by atoms with Crippen molar-refractivity contribution < 1.29 is 9.59 Å². The van der Waals surface area contributed by atoms with Gasteiger partial charge in [0, 0.05) is 18.7 Å². The number of primary amides is 1. The van der Waals surface area contributed by atoms with Gasteiger partial charge in [-0.25, -0.2) is 4.79 Å². The summed E-state index contributed by atoms with van der Waals surface area (Å²) in [5.41, 5.74) is 10.4. The van der Waals surface area contributed by atoms with E-state index in [1.54, 1.807) is 0 Å². The lowest BCUT2D eigenvalue weighted by molar-refractivity contribution is -0.119. The smallest absolute Gasteiger partial charge is 0.318 e. The Morgan fingerprint density at radius 2 is 2.16 bits per heavy atom. The fourth-order valence-corrected chi connectivity index (χ4v) is 2.38. The minimum absolute atomic E-state index is 0.185. The first-order chi connectivity index (χ1) is 9.08. The molecule has 0 aromatic carbocycles. The molecule has 19 heavy (non-hydrogen) atoms. The Bertz CT molecular complexity index is 447. The highest BCUT2D eigenvalue weighted by Crippen LogP contribution is 2.18. The van der Waals surface area contributed by atoms with E-state index in [0.717, 1.165) is 23.9 Å². The molecule has 0 saturated heterocycles. The summed E-state index contributed by atoms with van der Waals surface area (Å²) in [6, 6.07) is -0.838. The van der Waals surface area contributed by atoms with E-state index in [4.69, 9.17) is 11.5 Å². The molecule has 1 aromatic heterocycles. The lowest BCUT2D eigenvalue weighted by atomic mass is 10.4. The number of thioether (sulfide) groups is 1. The summed E-state index contributed by atoms with van der Waals surface area (Å²) in [7, 11) is 0. The van der Waals surface area contributed by atoms with Gasteiger partial charge in [-0.05, 0) is 6.42 Å². The largest absolute Gasteiger partial charge is 0.351 e. The minimum Gasteiger partial charge on any atom is -0.351 e. The fraction of sp³-hybridized carbons (Fsp3) is 0.600. The van der Waals surface area contributed by atoms with Crippen LogP contribution in [0.25, 0.3) is 0 Å². The number of nitrogens with two attached hydrogens (primary N) is 2. The molecular formula is C10H18N6O2S. The third-order valence-electron chi connectivity index (χ3n) is 2.25. The average molecular weight is 286 g/mol. The minimum atomic E-state index is -0.838. The van der Waals surface area contributed by atoms with Gasteiger partial charge >= 0.3 is 6.03 Å². The number of hydrogen-bond acceptors (Lipinski definition) is 6. The van der Waals surface area contributed by atoms with Gasteiger partial charge < -0.3 is 16.0 Å². The summed E-state index contributed by atoms with van der Waals surface area (Å²) in [6.45, 7) is 3.17. The number of amides is 3. The summed E-state index contributed by atoms with van der Waals surface area (Å²) in [5, 5.41) is 10.8. The fourth-order valence-electron chi connectivity index (χ4n) is 1.46. The number of nitrogens with one attached hydrogen (secondary N) is 1. The van der Waals surface area contributed by atoms with E-state index in [-0.39, 0.29) is 6.42 Å². The third-order valence-corrected chi connectivity index (χ3v) is 3.21. The Kier molecular flexibility index (Phi) is 6.30. The number of carbonyl (C=O) groups excluding carboxylic acids is 2. The molecule has 3 amide bonds. The van der Waals surface area contributed by atoms with Gasteiger partial charge in [0.25, 0.3) is 0 Å². The quantitative estimate of drug-likeness (QED) is 0.596. The van der Waals surface area contributed by atoms with Crippen LogP contribution in [-0.4, -0.2) is 32.5 Å². The molecule has 106 valence electrons. The van der Waals surface area contributed by atoms with E-state index in [1.165, 1.54) is 11.8 Å². The Labute approximate surface area is 115 Å². The number of carbonyl (C=O) groups is 2. The van der Waals surface area contributed by atoms with Crippen LogP contribution in [0.3, 0.4) is 0 Å². The molecule has 1 rings (SSSR count). The predicted molar refractivity (Wildman–Crippen MR) is 71.3 cm³/mol. The highest BCUT2D eigenvalue weighted by atomic mass is 32.2. The van der Waals surface area contributed by atoms with Gasteiger partial charge in [-0.3, -0.25) is 10.1 Å². The molecule has 0 atom stereocenters. The standard InChI is InChI=1S/C10H18N6O2S/c1-2-4-16-7(6-11)14-15-10(16)19-5-3-8(17)13-9(12)18/h2-6,11H2,1H3,(H3,12,13,17,18). The molecule has 0 bridgehead atoms. The number of nitrogens with zero attached hydrogens (tertiary/aromatic N) is 3. The van der Waals surface area contributed by atoms with Crippen LogP contribution in [0.4, 0.5) is 4.79 Å². The van der Waals surface area contributed by atoms with E-state index in [9.17, 15) is 9.59 Å². The van der Waals surface area contributed by atoms with Crippen molar-refractivity contribution in [2.24, 2.45) is 11.5 Å². The van der Waals surface area contributed by atoms with Crippen molar-refractivity contribution in [3.63, 3.8) is 0 Å². The highest BCUT2D eigenvalue weighted by molar-refractivity contribution is 7.99. The van der Waals surface area contributed by atoms with Crippen molar-refractivity contribution in [3.05, 3.63) is 5.82 Å². The van der Waals surface area contributed by atoms with Crippen LogP contribution < -0.4 is 16.8 Å². The van der Waals surface area contributed by atoms with Gasteiger partial charge in [-0.15, -0.1) is 10.2 Å². The van der Waals surface area contributed by atoms with Crippen molar-refractivity contribution >= 4 is 23.7 Å². The normalized spacial score (nSPS) is 10.4. The Balaban J connectivity index is 2.51. The molecule has 0 unspecified atom stereocenters. The summed E-state index contributed by atoms with van der Waals surface area (Å²) >= 11 is 1.40. The van der Waals surface area contributed by atoms with Gasteiger partial charge in [0.1, 0.15) is 5.82 Å². The van der Waals surface area contributed by atoms with Crippen LogP contribution in [0.2, 0.25) is 0 Å². The summed E-state index contributed by atoms with van der Waals surface area (Å²) in [6.07, 6.45) is 1.13. The molecule has 1 aromatic rings. The molecule has 8 nitrogen and oxygen atoms in total. The molecule has 0 saturated carbocycles. The average Bonchev–Trinajstić information content (AvgIpc) is 2.71. The zero-order valence-corrected chi connectivity index (χ0v) is 11.6. The van der Waals surface area contributed by atoms with E-state index in [2.05, 4.69) is 17.1 Å². The zero-order chi connectivity index (χ0) is 14.3. The van der Waals surface area contributed by atoms with Crippen LogP contribution in [0.15, 0.2) is 5.16 Å². The van der Waals surface area contributed by atoms with Crippen molar-refractivity contribution in [3.8, 4) is 0 Å². The molecule has 9 heteroatoms. The van der Waals surface area contributed by atoms with Crippen LogP contribution in [0, 0.1) is 0 Å². The van der Waals surface area contributed by atoms with Gasteiger partial charge in [0.15, 0.2) is 5.16 Å². The van der Waals surface area contributed by atoms with Gasteiger partial charge in [-0.1, -0.05) is 18.7 Å². The van der Waals surface area contributed by atoms with E-state index in [1.807, 2.05) is 9.88 Å². The number of rotatable bonds is 7. The molecule has 0 spiro atoms. The molecule has 5 N–H and O–H groups in total. The molecule has 1 heterocycles. The van der Waals surface area contributed by atoms with Crippen molar-refractivity contribution in [1.82, 2.24) is 20.1 Å². The number of hydrogen-bond donors (Lipinski definition) is 3. The third kappa shape index (κ3) is 4.87. The Morgan fingerprint density at radius 1 is 1.42 bits per heavy atom. The SMILES string of the molecule is CCCn1c(CN)nnc1SCCC(=O)NC(N)=O. The monoisotopic (exact) mass is 286 g/mol. The van der Waals surface area contributed by atoms with Gasteiger partial charge in [0.2, 0.25) is 5.91 Å². The van der Waals surface area contributed by atoms with Gasteiger partial charge in [-0.2, -0.15) is 0 Å². The highest BCUT2D eigenvalue weighted by Gasteiger charge is 2.11. The molecule has 0 fully saturated rings. The van der Waals surface area contributed by atoms with Crippen molar-refractivity contribution in [2.75, 3.05) is 5.75 Å². The summed E-state index contributed by atoms with van der Waals surface area (Å²) < 4.78 is 1.94. The molecule has 0 aliphatic carbocycles. The van der Waals surface area contributed by atoms with Crippen molar-refractivity contribution in [2.45, 2.75) is 38.0 Å². The maximum Gasteiger partial charge on any atom is 0.318 e. The first kappa shape index (κ1) is 15.4. The van der Waals surface area contributed by atoms with E-state index in [0.29, 0.717) is 12.3 Å². The first-order valence-electron chi connectivity index (χ1n) is 5.92. The van der Waals surface area contributed by atoms with Crippen LogP contribution in [-0.2, 0) is 17.9 Å².